The minimum absolute atomic E-state index is 0.0813. The molecule has 2 rings (SSSR count). The van der Waals surface area contributed by atoms with Crippen molar-refractivity contribution in [3.05, 3.63) is 34.3 Å². The molecular formula is C13H18BrN5O. The molecule has 0 aromatic carbocycles. The minimum Gasteiger partial charge on any atom is -0.351 e. The van der Waals surface area contributed by atoms with Crippen molar-refractivity contribution < 1.29 is 4.79 Å². The van der Waals surface area contributed by atoms with E-state index < -0.39 is 0 Å². The molecule has 2 heterocycles. The Kier molecular flexibility index (Phi) is 4.94. The number of hydrogen-bond donors (Lipinski definition) is 1. The van der Waals surface area contributed by atoms with Gasteiger partial charge in [0.1, 0.15) is 5.69 Å². The molecule has 6 nitrogen and oxygen atoms in total. The summed E-state index contributed by atoms with van der Waals surface area (Å²) in [4.78, 5) is 12.0. The van der Waals surface area contributed by atoms with Crippen molar-refractivity contribution >= 4 is 21.8 Å². The van der Waals surface area contributed by atoms with Crippen LogP contribution in [0, 0.1) is 6.92 Å². The molecule has 0 bridgehead atoms. The first-order chi connectivity index (χ1) is 9.61. The van der Waals surface area contributed by atoms with Gasteiger partial charge in [-0.25, -0.2) is 0 Å². The number of aromatic nitrogens is 4. The van der Waals surface area contributed by atoms with E-state index in [1.54, 1.807) is 16.9 Å². The molecule has 0 radical (unpaired) electrons. The van der Waals surface area contributed by atoms with E-state index >= 15 is 0 Å². The highest BCUT2D eigenvalue weighted by Gasteiger charge is 2.10. The standard InChI is InChI=1S/C13H18BrN5O/c1-3-19-12(5-7-16-19)13(20)15-6-4-8-18-9-11(14)10(2)17-18/h5,7,9H,3-4,6,8H2,1-2H3,(H,15,20). The summed E-state index contributed by atoms with van der Waals surface area (Å²) in [5.41, 5.74) is 1.58. The molecule has 0 fully saturated rings. The normalized spacial score (nSPS) is 10.8. The Hall–Kier alpha value is -1.63. The largest absolute Gasteiger partial charge is 0.351 e. The number of carbonyl (C=O) groups excluding carboxylic acids is 1. The van der Waals surface area contributed by atoms with E-state index in [0.717, 1.165) is 23.1 Å². The van der Waals surface area contributed by atoms with Gasteiger partial charge in [-0.05, 0) is 42.3 Å². The number of carbonyl (C=O) groups is 1. The number of amides is 1. The maximum absolute atomic E-state index is 12.0. The molecule has 0 saturated heterocycles. The fourth-order valence-corrected chi connectivity index (χ4v) is 2.23. The Morgan fingerprint density at radius 2 is 2.30 bits per heavy atom. The molecule has 0 unspecified atom stereocenters. The van der Waals surface area contributed by atoms with Crippen LogP contribution >= 0.6 is 15.9 Å². The zero-order valence-electron chi connectivity index (χ0n) is 11.6. The molecule has 108 valence electrons. The molecule has 0 aliphatic rings. The molecule has 1 amide bonds. The SMILES string of the molecule is CCn1nccc1C(=O)NCCCn1cc(Br)c(C)n1. The Bertz CT molecular complexity index is 570. The number of aryl methyl sites for hydroxylation is 3. The molecule has 7 heteroatoms. The topological polar surface area (TPSA) is 64.7 Å². The van der Waals surface area contributed by atoms with Crippen LogP contribution in [0.1, 0.15) is 29.5 Å². The predicted octanol–water partition coefficient (Wildman–Crippen LogP) is 1.99. The quantitative estimate of drug-likeness (QED) is 0.818. The van der Waals surface area contributed by atoms with Crippen LogP contribution in [0.5, 0.6) is 0 Å². The summed E-state index contributed by atoms with van der Waals surface area (Å²) in [5.74, 6) is -0.0813. The summed E-state index contributed by atoms with van der Waals surface area (Å²) in [6.07, 6.45) is 4.42. The molecule has 0 aliphatic carbocycles. The number of nitrogens with zero attached hydrogens (tertiary/aromatic N) is 4. The second-order valence-electron chi connectivity index (χ2n) is 4.47. The van der Waals surface area contributed by atoms with Crippen molar-refractivity contribution in [2.75, 3.05) is 6.54 Å². The van der Waals surface area contributed by atoms with Gasteiger partial charge in [0.05, 0.1) is 10.2 Å². The summed E-state index contributed by atoms with van der Waals surface area (Å²) in [6.45, 7) is 6.00. The van der Waals surface area contributed by atoms with Gasteiger partial charge in [0.15, 0.2) is 0 Å². The van der Waals surface area contributed by atoms with Gasteiger partial charge in [-0.1, -0.05) is 0 Å². The lowest BCUT2D eigenvalue weighted by Crippen LogP contribution is -2.27. The Balaban J connectivity index is 1.77. The van der Waals surface area contributed by atoms with Crippen molar-refractivity contribution in [3.63, 3.8) is 0 Å². The Labute approximate surface area is 126 Å². The molecule has 20 heavy (non-hydrogen) atoms. The van der Waals surface area contributed by atoms with Crippen molar-refractivity contribution in [1.82, 2.24) is 24.9 Å². The van der Waals surface area contributed by atoms with Gasteiger partial charge in [0.25, 0.3) is 5.91 Å². The summed E-state index contributed by atoms with van der Waals surface area (Å²) < 4.78 is 4.57. The van der Waals surface area contributed by atoms with E-state index in [1.165, 1.54) is 0 Å². The molecule has 0 atom stereocenters. The fraction of sp³-hybridized carbons (Fsp3) is 0.462. The maximum Gasteiger partial charge on any atom is 0.269 e. The zero-order valence-corrected chi connectivity index (χ0v) is 13.2. The third-order valence-corrected chi connectivity index (χ3v) is 3.76. The smallest absolute Gasteiger partial charge is 0.269 e. The highest BCUT2D eigenvalue weighted by molar-refractivity contribution is 9.10. The van der Waals surface area contributed by atoms with Crippen LogP contribution in [0.15, 0.2) is 22.9 Å². The van der Waals surface area contributed by atoms with Crippen LogP contribution < -0.4 is 5.32 Å². The molecule has 0 aliphatic heterocycles. The summed E-state index contributed by atoms with van der Waals surface area (Å²) in [6, 6.07) is 1.73. The first kappa shape index (κ1) is 14.8. The van der Waals surface area contributed by atoms with E-state index in [2.05, 4.69) is 31.4 Å². The van der Waals surface area contributed by atoms with Crippen LogP contribution in [-0.2, 0) is 13.1 Å². The van der Waals surface area contributed by atoms with Crippen molar-refractivity contribution in [3.8, 4) is 0 Å². The minimum atomic E-state index is -0.0813. The van der Waals surface area contributed by atoms with E-state index in [4.69, 9.17) is 0 Å². The van der Waals surface area contributed by atoms with Crippen molar-refractivity contribution in [1.29, 1.82) is 0 Å². The average Bonchev–Trinajstić information content (AvgIpc) is 3.02. The van der Waals surface area contributed by atoms with Crippen LogP contribution in [0.25, 0.3) is 0 Å². The van der Waals surface area contributed by atoms with Gasteiger partial charge in [0.2, 0.25) is 0 Å². The van der Waals surface area contributed by atoms with E-state index in [-0.39, 0.29) is 5.91 Å². The number of halogens is 1. The van der Waals surface area contributed by atoms with Gasteiger partial charge in [-0.15, -0.1) is 0 Å². The third-order valence-electron chi connectivity index (χ3n) is 2.98. The van der Waals surface area contributed by atoms with Crippen molar-refractivity contribution in [2.24, 2.45) is 0 Å². The predicted molar refractivity (Wildman–Crippen MR) is 79.5 cm³/mol. The Morgan fingerprint density at radius 3 is 2.95 bits per heavy atom. The zero-order chi connectivity index (χ0) is 14.5. The number of hydrogen-bond acceptors (Lipinski definition) is 3. The molecule has 1 N–H and O–H groups in total. The molecule has 2 aromatic rings. The highest BCUT2D eigenvalue weighted by Crippen LogP contribution is 2.13. The Morgan fingerprint density at radius 1 is 1.50 bits per heavy atom. The molecular weight excluding hydrogens is 322 g/mol. The summed E-state index contributed by atoms with van der Waals surface area (Å²) in [7, 11) is 0. The summed E-state index contributed by atoms with van der Waals surface area (Å²) >= 11 is 3.43. The van der Waals surface area contributed by atoms with Crippen LogP contribution in [0.2, 0.25) is 0 Å². The number of nitrogens with one attached hydrogen (secondary N) is 1. The lowest BCUT2D eigenvalue weighted by molar-refractivity contribution is 0.0942. The second kappa shape index (κ2) is 6.69. The lowest BCUT2D eigenvalue weighted by Gasteiger charge is -2.06. The van der Waals surface area contributed by atoms with Crippen LogP contribution in [0.3, 0.4) is 0 Å². The van der Waals surface area contributed by atoms with Gasteiger partial charge < -0.3 is 5.32 Å². The van der Waals surface area contributed by atoms with E-state index in [0.29, 0.717) is 18.8 Å². The van der Waals surface area contributed by atoms with Crippen molar-refractivity contribution in [2.45, 2.75) is 33.4 Å². The van der Waals surface area contributed by atoms with Gasteiger partial charge in [0, 0.05) is 32.0 Å². The molecule has 0 saturated carbocycles. The van der Waals surface area contributed by atoms with E-state index in [9.17, 15) is 4.79 Å². The first-order valence-corrected chi connectivity index (χ1v) is 7.40. The van der Waals surface area contributed by atoms with Gasteiger partial charge >= 0.3 is 0 Å². The van der Waals surface area contributed by atoms with Crippen LogP contribution in [-0.4, -0.2) is 32.0 Å². The highest BCUT2D eigenvalue weighted by atomic mass is 79.9. The maximum atomic E-state index is 12.0. The number of rotatable bonds is 6. The lowest BCUT2D eigenvalue weighted by atomic mass is 10.3. The second-order valence-corrected chi connectivity index (χ2v) is 5.32. The molecule has 2 aromatic heterocycles. The van der Waals surface area contributed by atoms with Gasteiger partial charge in [-0.3, -0.25) is 14.2 Å². The van der Waals surface area contributed by atoms with Gasteiger partial charge in [-0.2, -0.15) is 10.2 Å². The van der Waals surface area contributed by atoms with Crippen LogP contribution in [0.4, 0.5) is 0 Å². The average molecular weight is 340 g/mol. The summed E-state index contributed by atoms with van der Waals surface area (Å²) in [5, 5.41) is 11.3. The van der Waals surface area contributed by atoms with E-state index in [1.807, 2.05) is 24.7 Å². The molecule has 0 spiro atoms. The first-order valence-electron chi connectivity index (χ1n) is 6.61. The fourth-order valence-electron chi connectivity index (χ4n) is 1.92. The monoisotopic (exact) mass is 339 g/mol. The third kappa shape index (κ3) is 3.47.